The minimum Gasteiger partial charge on any atom is -0.481 e. The van der Waals surface area contributed by atoms with E-state index in [-0.39, 0.29) is 11.4 Å². The van der Waals surface area contributed by atoms with Crippen molar-refractivity contribution in [3.05, 3.63) is 23.6 Å². The van der Waals surface area contributed by atoms with E-state index < -0.39 is 12.5 Å². The molecular formula is C7H7F2NO. The van der Waals surface area contributed by atoms with Gasteiger partial charge in [-0.15, -0.1) is 0 Å². The minimum atomic E-state index is -0.770. The van der Waals surface area contributed by atoms with Crippen LogP contribution in [0.5, 0.6) is 5.88 Å². The Labute approximate surface area is 62.8 Å². The number of pyridine rings is 1. The van der Waals surface area contributed by atoms with Gasteiger partial charge in [0.05, 0.1) is 13.3 Å². The molecule has 0 aromatic carbocycles. The fourth-order valence-corrected chi connectivity index (χ4v) is 0.748. The number of halogens is 2. The quantitative estimate of drug-likeness (QED) is 0.655. The van der Waals surface area contributed by atoms with Crippen LogP contribution in [0, 0.1) is 5.82 Å². The fraction of sp³-hybridized carbons (Fsp3) is 0.286. The molecular weight excluding hydrogens is 152 g/mol. The zero-order valence-corrected chi connectivity index (χ0v) is 5.97. The van der Waals surface area contributed by atoms with Crippen molar-refractivity contribution in [1.29, 1.82) is 0 Å². The van der Waals surface area contributed by atoms with Gasteiger partial charge < -0.3 is 4.74 Å². The monoisotopic (exact) mass is 159 g/mol. The van der Waals surface area contributed by atoms with Crippen LogP contribution in [-0.2, 0) is 6.67 Å². The SMILES string of the molecule is COc1ncc(F)cc1CF. The fourth-order valence-electron chi connectivity index (χ4n) is 0.748. The summed E-state index contributed by atoms with van der Waals surface area (Å²) in [4.78, 5) is 3.53. The van der Waals surface area contributed by atoms with E-state index in [1.165, 1.54) is 7.11 Å². The van der Waals surface area contributed by atoms with Crippen molar-refractivity contribution in [2.45, 2.75) is 6.67 Å². The van der Waals surface area contributed by atoms with Gasteiger partial charge in [0, 0.05) is 5.56 Å². The molecule has 0 N–H and O–H groups in total. The number of methoxy groups -OCH3 is 1. The first-order valence-corrected chi connectivity index (χ1v) is 3.02. The van der Waals surface area contributed by atoms with E-state index in [0.29, 0.717) is 0 Å². The first kappa shape index (κ1) is 7.91. The molecule has 0 amide bonds. The molecule has 0 radical (unpaired) electrons. The van der Waals surface area contributed by atoms with Gasteiger partial charge in [0.2, 0.25) is 5.88 Å². The van der Waals surface area contributed by atoms with Crippen molar-refractivity contribution in [3.8, 4) is 5.88 Å². The maximum absolute atomic E-state index is 12.4. The van der Waals surface area contributed by atoms with Crippen LogP contribution >= 0.6 is 0 Å². The number of hydrogen-bond donors (Lipinski definition) is 0. The zero-order chi connectivity index (χ0) is 8.27. The van der Waals surface area contributed by atoms with Crippen molar-refractivity contribution in [2.75, 3.05) is 7.11 Å². The Hall–Kier alpha value is -1.19. The standard InChI is InChI=1S/C7H7F2NO/c1-11-7-5(3-8)2-6(9)4-10-7/h2,4H,3H2,1H3. The molecule has 0 saturated carbocycles. The highest BCUT2D eigenvalue weighted by molar-refractivity contribution is 5.24. The van der Waals surface area contributed by atoms with E-state index in [4.69, 9.17) is 0 Å². The van der Waals surface area contributed by atoms with E-state index in [0.717, 1.165) is 12.3 Å². The van der Waals surface area contributed by atoms with E-state index in [1.807, 2.05) is 0 Å². The number of rotatable bonds is 2. The van der Waals surface area contributed by atoms with E-state index in [1.54, 1.807) is 0 Å². The zero-order valence-electron chi connectivity index (χ0n) is 5.97. The van der Waals surface area contributed by atoms with Crippen LogP contribution in [0.15, 0.2) is 12.3 Å². The van der Waals surface area contributed by atoms with Crippen molar-refractivity contribution in [2.24, 2.45) is 0 Å². The van der Waals surface area contributed by atoms with Crippen molar-refractivity contribution in [1.82, 2.24) is 4.98 Å². The van der Waals surface area contributed by atoms with E-state index in [2.05, 4.69) is 9.72 Å². The van der Waals surface area contributed by atoms with Gasteiger partial charge >= 0.3 is 0 Å². The van der Waals surface area contributed by atoms with Crippen LogP contribution in [-0.4, -0.2) is 12.1 Å². The molecule has 0 unspecified atom stereocenters. The largest absolute Gasteiger partial charge is 0.481 e. The van der Waals surface area contributed by atoms with Gasteiger partial charge in [-0.2, -0.15) is 0 Å². The van der Waals surface area contributed by atoms with Crippen LogP contribution in [0.1, 0.15) is 5.56 Å². The smallest absolute Gasteiger partial charge is 0.219 e. The summed E-state index contributed by atoms with van der Waals surface area (Å²) in [5.41, 5.74) is 0.132. The highest BCUT2D eigenvalue weighted by atomic mass is 19.1. The number of aromatic nitrogens is 1. The topological polar surface area (TPSA) is 22.1 Å². The lowest BCUT2D eigenvalue weighted by Gasteiger charge is -2.02. The Morgan fingerprint density at radius 3 is 2.91 bits per heavy atom. The summed E-state index contributed by atoms with van der Waals surface area (Å²) in [6.07, 6.45) is 0.984. The lowest BCUT2D eigenvalue weighted by molar-refractivity contribution is 0.375. The predicted octanol–water partition coefficient (Wildman–Crippen LogP) is 1.70. The molecule has 1 rings (SSSR count). The third kappa shape index (κ3) is 1.63. The highest BCUT2D eigenvalue weighted by Crippen LogP contribution is 2.16. The van der Waals surface area contributed by atoms with Crippen LogP contribution < -0.4 is 4.74 Å². The lowest BCUT2D eigenvalue weighted by Crippen LogP contribution is -1.94. The second-order valence-electron chi connectivity index (χ2n) is 1.96. The third-order valence-electron chi connectivity index (χ3n) is 1.23. The highest BCUT2D eigenvalue weighted by Gasteiger charge is 2.04. The molecule has 0 atom stereocenters. The first-order chi connectivity index (χ1) is 5.27. The van der Waals surface area contributed by atoms with Gasteiger partial charge in [-0.3, -0.25) is 0 Å². The molecule has 4 heteroatoms. The summed E-state index contributed by atoms with van der Waals surface area (Å²) < 4.78 is 29.1. The number of hydrogen-bond acceptors (Lipinski definition) is 2. The minimum absolute atomic E-state index is 0.132. The summed E-state index contributed by atoms with van der Waals surface area (Å²) in [7, 11) is 1.36. The molecule has 0 spiro atoms. The molecule has 1 heterocycles. The summed E-state index contributed by atoms with van der Waals surface area (Å²) >= 11 is 0. The summed E-state index contributed by atoms with van der Waals surface area (Å²) in [5, 5.41) is 0. The molecule has 60 valence electrons. The Morgan fingerprint density at radius 2 is 2.36 bits per heavy atom. The summed E-state index contributed by atoms with van der Waals surface area (Å²) in [6.45, 7) is -0.770. The van der Waals surface area contributed by atoms with Crippen molar-refractivity contribution < 1.29 is 13.5 Å². The molecule has 0 fully saturated rings. The molecule has 1 aromatic rings. The first-order valence-electron chi connectivity index (χ1n) is 3.02. The Morgan fingerprint density at radius 1 is 1.64 bits per heavy atom. The maximum Gasteiger partial charge on any atom is 0.219 e. The molecule has 0 bridgehead atoms. The maximum atomic E-state index is 12.4. The second-order valence-corrected chi connectivity index (χ2v) is 1.96. The van der Waals surface area contributed by atoms with Gasteiger partial charge in [0.15, 0.2) is 0 Å². The van der Waals surface area contributed by atoms with Gasteiger partial charge in [-0.25, -0.2) is 13.8 Å². The van der Waals surface area contributed by atoms with Gasteiger partial charge in [-0.1, -0.05) is 0 Å². The number of ether oxygens (including phenoxy) is 1. The second kappa shape index (κ2) is 3.27. The molecule has 11 heavy (non-hydrogen) atoms. The van der Waals surface area contributed by atoms with Crippen LogP contribution in [0.2, 0.25) is 0 Å². The Balaban J connectivity index is 3.06. The molecule has 2 nitrogen and oxygen atoms in total. The summed E-state index contributed by atoms with van der Waals surface area (Å²) in [5.74, 6) is -0.424. The van der Waals surface area contributed by atoms with E-state index >= 15 is 0 Å². The van der Waals surface area contributed by atoms with Crippen molar-refractivity contribution >= 4 is 0 Å². The average molecular weight is 159 g/mol. The lowest BCUT2D eigenvalue weighted by atomic mass is 10.3. The molecule has 1 aromatic heterocycles. The predicted molar refractivity (Wildman–Crippen MR) is 35.6 cm³/mol. The van der Waals surface area contributed by atoms with Gasteiger partial charge in [0.25, 0.3) is 0 Å². The average Bonchev–Trinajstić information content (AvgIpc) is 2.04. The van der Waals surface area contributed by atoms with Crippen LogP contribution in [0.3, 0.4) is 0 Å². The molecule has 0 aliphatic carbocycles. The van der Waals surface area contributed by atoms with Crippen LogP contribution in [0.4, 0.5) is 8.78 Å². The normalized spacial score (nSPS) is 9.73. The Bertz CT molecular complexity index is 252. The number of alkyl halides is 1. The third-order valence-corrected chi connectivity index (χ3v) is 1.23. The molecule has 0 aliphatic rings. The van der Waals surface area contributed by atoms with Crippen LogP contribution in [0.25, 0.3) is 0 Å². The number of nitrogens with zero attached hydrogens (tertiary/aromatic N) is 1. The molecule has 0 aliphatic heterocycles. The van der Waals surface area contributed by atoms with E-state index in [9.17, 15) is 8.78 Å². The Kier molecular flexibility index (Phi) is 2.36. The van der Waals surface area contributed by atoms with Gasteiger partial charge in [-0.05, 0) is 6.07 Å². The summed E-state index contributed by atoms with van der Waals surface area (Å²) in [6, 6.07) is 1.06. The van der Waals surface area contributed by atoms with Crippen molar-refractivity contribution in [3.63, 3.8) is 0 Å². The molecule has 0 saturated heterocycles. The van der Waals surface area contributed by atoms with Gasteiger partial charge in [0.1, 0.15) is 12.5 Å².